The Labute approximate surface area is 167 Å². The first-order valence-corrected chi connectivity index (χ1v) is 8.70. The fourth-order valence-electron chi connectivity index (χ4n) is 2.38. The molecule has 10 heteroatoms. The summed E-state index contributed by atoms with van der Waals surface area (Å²) in [6, 6.07) is 9.39. The van der Waals surface area contributed by atoms with E-state index in [1.165, 1.54) is 25.3 Å². The van der Waals surface area contributed by atoms with E-state index in [1.54, 1.807) is 24.3 Å². The zero-order valence-corrected chi connectivity index (χ0v) is 15.9. The Morgan fingerprint density at radius 1 is 1.25 bits per heavy atom. The molecule has 0 aliphatic rings. The van der Waals surface area contributed by atoms with Crippen LogP contribution in [-0.4, -0.2) is 33.1 Å². The normalized spacial score (nSPS) is 12.4. The highest BCUT2D eigenvalue weighted by molar-refractivity contribution is 6.37. The van der Waals surface area contributed by atoms with Crippen molar-refractivity contribution in [2.45, 2.75) is 13.0 Å². The standard InChI is InChI=1S/C18H13Cl2N3O5/c1-9(17(25)26)28-15-12(19)6-10(7-13(15)20)8-21-23-16(24)11-4-2-3-5-14(11)22-18(23)27/h2-9H,1H3,(H,22,27)(H,25,26)/t9-/m0/s1. The van der Waals surface area contributed by atoms with E-state index in [0.29, 0.717) is 21.1 Å². The molecule has 144 valence electrons. The van der Waals surface area contributed by atoms with Crippen molar-refractivity contribution < 1.29 is 14.6 Å². The third kappa shape index (κ3) is 3.92. The second kappa shape index (κ2) is 7.87. The van der Waals surface area contributed by atoms with Crippen LogP contribution in [0.2, 0.25) is 10.0 Å². The monoisotopic (exact) mass is 421 g/mol. The average molecular weight is 422 g/mol. The summed E-state index contributed by atoms with van der Waals surface area (Å²) >= 11 is 12.2. The lowest BCUT2D eigenvalue weighted by Crippen LogP contribution is -2.32. The molecule has 28 heavy (non-hydrogen) atoms. The summed E-state index contributed by atoms with van der Waals surface area (Å²) in [5.74, 6) is -1.16. The maximum absolute atomic E-state index is 12.4. The highest BCUT2D eigenvalue weighted by atomic mass is 35.5. The molecule has 3 rings (SSSR count). The van der Waals surface area contributed by atoms with Crippen molar-refractivity contribution >= 4 is 46.3 Å². The van der Waals surface area contributed by atoms with Gasteiger partial charge in [0.1, 0.15) is 0 Å². The van der Waals surface area contributed by atoms with Crippen LogP contribution >= 0.6 is 23.2 Å². The first kappa shape index (κ1) is 19.7. The van der Waals surface area contributed by atoms with Crippen molar-refractivity contribution in [1.29, 1.82) is 0 Å². The molecule has 2 aromatic carbocycles. The van der Waals surface area contributed by atoms with Gasteiger partial charge in [0, 0.05) is 0 Å². The molecule has 0 unspecified atom stereocenters. The van der Waals surface area contributed by atoms with Crippen molar-refractivity contribution in [3.8, 4) is 5.75 Å². The van der Waals surface area contributed by atoms with Crippen LogP contribution in [0.4, 0.5) is 0 Å². The number of nitrogens with one attached hydrogen (secondary N) is 1. The first-order chi connectivity index (χ1) is 13.3. The van der Waals surface area contributed by atoms with E-state index in [2.05, 4.69) is 10.1 Å². The van der Waals surface area contributed by atoms with Gasteiger partial charge in [-0.05, 0) is 36.8 Å². The number of benzene rings is 2. The molecule has 0 spiro atoms. The summed E-state index contributed by atoms with van der Waals surface area (Å²) in [4.78, 5) is 38.0. The maximum Gasteiger partial charge on any atom is 0.349 e. The average Bonchev–Trinajstić information content (AvgIpc) is 2.64. The van der Waals surface area contributed by atoms with E-state index in [-0.39, 0.29) is 15.8 Å². The van der Waals surface area contributed by atoms with Gasteiger partial charge in [-0.15, -0.1) is 4.68 Å². The summed E-state index contributed by atoms with van der Waals surface area (Å²) in [6.45, 7) is 1.34. The maximum atomic E-state index is 12.4. The molecule has 1 atom stereocenters. The van der Waals surface area contributed by atoms with Crippen LogP contribution in [0.1, 0.15) is 12.5 Å². The van der Waals surface area contributed by atoms with Gasteiger partial charge in [-0.1, -0.05) is 35.3 Å². The number of para-hydroxylation sites is 1. The zero-order chi connectivity index (χ0) is 20.4. The van der Waals surface area contributed by atoms with Crippen molar-refractivity contribution in [3.05, 3.63) is 72.8 Å². The lowest BCUT2D eigenvalue weighted by Gasteiger charge is -2.13. The van der Waals surface area contributed by atoms with Gasteiger partial charge < -0.3 is 14.8 Å². The number of aliphatic carboxylic acids is 1. The molecule has 0 aliphatic heterocycles. The largest absolute Gasteiger partial charge is 0.479 e. The highest BCUT2D eigenvalue weighted by Crippen LogP contribution is 2.34. The molecule has 0 bridgehead atoms. The third-order valence-corrected chi connectivity index (χ3v) is 4.33. The van der Waals surface area contributed by atoms with Crippen LogP contribution in [0.25, 0.3) is 10.9 Å². The van der Waals surface area contributed by atoms with E-state index < -0.39 is 23.3 Å². The predicted octanol–water partition coefficient (Wildman–Crippen LogP) is 2.73. The molecule has 1 aromatic heterocycles. The molecule has 0 saturated heterocycles. The Bertz CT molecular complexity index is 1190. The Morgan fingerprint density at radius 2 is 1.89 bits per heavy atom. The summed E-state index contributed by atoms with van der Waals surface area (Å²) in [5, 5.41) is 13.3. The van der Waals surface area contributed by atoms with Gasteiger partial charge in [-0.2, -0.15) is 5.10 Å². The van der Waals surface area contributed by atoms with Gasteiger partial charge in [-0.3, -0.25) is 4.79 Å². The van der Waals surface area contributed by atoms with E-state index in [1.807, 2.05) is 0 Å². The number of carboxylic acids is 1. The lowest BCUT2D eigenvalue weighted by molar-refractivity contribution is -0.144. The predicted molar refractivity (Wildman–Crippen MR) is 106 cm³/mol. The molecule has 1 heterocycles. The molecule has 0 radical (unpaired) electrons. The van der Waals surface area contributed by atoms with Gasteiger partial charge >= 0.3 is 11.7 Å². The Morgan fingerprint density at radius 3 is 2.54 bits per heavy atom. The number of halogens is 2. The molecule has 2 N–H and O–H groups in total. The van der Waals surface area contributed by atoms with Crippen LogP contribution < -0.4 is 16.0 Å². The topological polar surface area (TPSA) is 114 Å². The van der Waals surface area contributed by atoms with E-state index in [4.69, 9.17) is 33.0 Å². The number of fused-ring (bicyclic) bond motifs is 1. The van der Waals surface area contributed by atoms with Gasteiger partial charge in [-0.25, -0.2) is 9.59 Å². The van der Waals surface area contributed by atoms with Crippen molar-refractivity contribution in [1.82, 2.24) is 9.66 Å². The minimum Gasteiger partial charge on any atom is -0.479 e. The smallest absolute Gasteiger partial charge is 0.349 e. The number of rotatable bonds is 5. The van der Waals surface area contributed by atoms with Crippen LogP contribution in [0.5, 0.6) is 5.75 Å². The van der Waals surface area contributed by atoms with E-state index in [9.17, 15) is 14.4 Å². The summed E-state index contributed by atoms with van der Waals surface area (Å²) in [5.41, 5.74) is -0.496. The van der Waals surface area contributed by atoms with Gasteiger partial charge in [0.05, 0.1) is 27.2 Å². The number of aromatic amines is 1. The number of H-pyrrole nitrogens is 1. The third-order valence-electron chi connectivity index (χ3n) is 3.77. The molecular weight excluding hydrogens is 409 g/mol. The van der Waals surface area contributed by atoms with Crippen molar-refractivity contribution in [2.24, 2.45) is 5.10 Å². The molecule has 0 saturated carbocycles. The number of hydrogen-bond donors (Lipinski definition) is 2. The molecular formula is C18H13Cl2N3O5. The lowest BCUT2D eigenvalue weighted by atomic mass is 10.2. The Hall–Kier alpha value is -3.10. The van der Waals surface area contributed by atoms with Crippen molar-refractivity contribution in [2.75, 3.05) is 0 Å². The fourth-order valence-corrected chi connectivity index (χ4v) is 2.97. The second-order valence-electron chi connectivity index (χ2n) is 5.75. The molecule has 0 fully saturated rings. The molecule has 0 amide bonds. The summed E-state index contributed by atoms with van der Waals surface area (Å²) in [7, 11) is 0. The van der Waals surface area contributed by atoms with Gasteiger partial charge in [0.2, 0.25) is 0 Å². The number of carboxylic acid groups (broad SMARTS) is 1. The number of ether oxygens (including phenoxy) is 1. The first-order valence-electron chi connectivity index (χ1n) is 7.95. The SMILES string of the molecule is C[C@H](Oc1c(Cl)cc(C=Nn2c(=O)[nH]c3ccccc3c2=O)cc1Cl)C(=O)O. The number of carbonyl (C=O) groups is 1. The zero-order valence-electron chi connectivity index (χ0n) is 14.3. The minimum absolute atomic E-state index is 0.0103. The Kier molecular flexibility index (Phi) is 5.53. The highest BCUT2D eigenvalue weighted by Gasteiger charge is 2.17. The molecule has 3 aromatic rings. The minimum atomic E-state index is -1.17. The fraction of sp³-hybridized carbons (Fsp3) is 0.111. The molecule has 0 aliphatic carbocycles. The number of hydrogen-bond acceptors (Lipinski definition) is 5. The summed E-state index contributed by atoms with van der Waals surface area (Å²) in [6.07, 6.45) is 0.0809. The van der Waals surface area contributed by atoms with E-state index >= 15 is 0 Å². The summed E-state index contributed by atoms with van der Waals surface area (Å²) < 4.78 is 5.90. The second-order valence-corrected chi connectivity index (χ2v) is 6.56. The Balaban J connectivity index is 1.98. The van der Waals surface area contributed by atoms with Crippen molar-refractivity contribution in [3.63, 3.8) is 0 Å². The van der Waals surface area contributed by atoms with Gasteiger partial charge in [0.25, 0.3) is 5.56 Å². The quantitative estimate of drug-likeness (QED) is 0.614. The van der Waals surface area contributed by atoms with Crippen LogP contribution in [0, 0.1) is 0 Å². The van der Waals surface area contributed by atoms with Gasteiger partial charge in [0.15, 0.2) is 11.9 Å². The van der Waals surface area contributed by atoms with Crippen LogP contribution in [-0.2, 0) is 4.79 Å². The molecule has 8 nitrogen and oxygen atoms in total. The number of aromatic nitrogens is 2. The van der Waals surface area contributed by atoms with Crippen LogP contribution in [0.15, 0.2) is 51.1 Å². The number of nitrogens with zero attached hydrogens (tertiary/aromatic N) is 2. The van der Waals surface area contributed by atoms with Crippen LogP contribution in [0.3, 0.4) is 0 Å². The van der Waals surface area contributed by atoms with E-state index in [0.717, 1.165) is 0 Å².